The van der Waals surface area contributed by atoms with Crippen molar-refractivity contribution in [1.82, 2.24) is 0 Å². The van der Waals surface area contributed by atoms with E-state index in [0.29, 0.717) is 0 Å². The number of aryl methyl sites for hydroxylation is 2. The summed E-state index contributed by atoms with van der Waals surface area (Å²) >= 11 is 0. The van der Waals surface area contributed by atoms with Crippen LogP contribution in [-0.2, 0) is 19.3 Å². The van der Waals surface area contributed by atoms with Gasteiger partial charge < -0.3 is 4.90 Å². The van der Waals surface area contributed by atoms with Crippen molar-refractivity contribution in [3.8, 4) is 0 Å². The van der Waals surface area contributed by atoms with E-state index in [-0.39, 0.29) is 5.78 Å². The second-order valence-corrected chi connectivity index (χ2v) is 7.15. The van der Waals surface area contributed by atoms with Crippen LogP contribution in [0, 0.1) is 0 Å². The molecule has 0 radical (unpaired) electrons. The summed E-state index contributed by atoms with van der Waals surface area (Å²) in [6, 6.07) is 12.8. The van der Waals surface area contributed by atoms with Gasteiger partial charge in [-0.25, -0.2) is 0 Å². The maximum atomic E-state index is 12.8. The highest BCUT2D eigenvalue weighted by molar-refractivity contribution is 6.15. The van der Waals surface area contributed by atoms with Gasteiger partial charge in [-0.05, 0) is 72.2 Å². The third-order valence-corrected chi connectivity index (χ3v) is 5.24. The molecule has 2 aliphatic carbocycles. The number of hydrogen-bond acceptors (Lipinski definition) is 2. The van der Waals surface area contributed by atoms with E-state index in [4.69, 9.17) is 0 Å². The summed E-state index contributed by atoms with van der Waals surface area (Å²) in [5.41, 5.74) is 8.20. The minimum absolute atomic E-state index is 0.218. The summed E-state index contributed by atoms with van der Waals surface area (Å²) in [6.45, 7) is 0. The molecule has 4 rings (SSSR count). The third kappa shape index (κ3) is 2.66. The zero-order valence-electron chi connectivity index (χ0n) is 14.4. The van der Waals surface area contributed by atoms with Crippen molar-refractivity contribution in [3.63, 3.8) is 0 Å². The molecule has 2 heteroatoms. The molecule has 0 heterocycles. The molecule has 0 unspecified atom stereocenters. The summed E-state index contributed by atoms with van der Waals surface area (Å²) in [6.07, 6.45) is 7.65. The van der Waals surface area contributed by atoms with Crippen LogP contribution in [-0.4, -0.2) is 19.9 Å². The number of hydrogen-bond donors (Lipinski definition) is 0. The maximum absolute atomic E-state index is 12.8. The van der Waals surface area contributed by atoms with Gasteiger partial charge in [0.2, 0.25) is 0 Å². The second-order valence-electron chi connectivity index (χ2n) is 7.15. The summed E-state index contributed by atoms with van der Waals surface area (Å²) in [5, 5.41) is 0. The van der Waals surface area contributed by atoms with Gasteiger partial charge >= 0.3 is 0 Å². The zero-order valence-corrected chi connectivity index (χ0v) is 14.4. The molecule has 0 N–H and O–H groups in total. The number of anilines is 1. The van der Waals surface area contributed by atoms with Crippen molar-refractivity contribution in [2.75, 3.05) is 19.0 Å². The van der Waals surface area contributed by atoms with Crippen molar-refractivity contribution < 1.29 is 4.79 Å². The van der Waals surface area contributed by atoms with Gasteiger partial charge in [0.1, 0.15) is 0 Å². The molecule has 0 saturated carbocycles. The van der Waals surface area contributed by atoms with Crippen molar-refractivity contribution in [3.05, 3.63) is 69.8 Å². The predicted molar refractivity (Wildman–Crippen MR) is 99.9 cm³/mol. The maximum Gasteiger partial charge on any atom is 0.189 e. The molecule has 24 heavy (non-hydrogen) atoms. The number of carbonyl (C=O) groups excluding carboxylic acids is 1. The smallest absolute Gasteiger partial charge is 0.189 e. The number of carbonyl (C=O) groups is 1. The molecule has 0 fully saturated rings. The molecular formula is C22H23NO. The molecule has 0 aliphatic heterocycles. The van der Waals surface area contributed by atoms with E-state index in [9.17, 15) is 4.79 Å². The van der Waals surface area contributed by atoms with Crippen LogP contribution in [0.3, 0.4) is 0 Å². The van der Waals surface area contributed by atoms with Gasteiger partial charge in [-0.1, -0.05) is 18.2 Å². The Morgan fingerprint density at radius 2 is 1.58 bits per heavy atom. The van der Waals surface area contributed by atoms with Crippen molar-refractivity contribution in [2.45, 2.75) is 32.1 Å². The molecule has 0 spiro atoms. The van der Waals surface area contributed by atoms with Gasteiger partial charge in [-0.3, -0.25) is 4.79 Å². The Hall–Kier alpha value is -2.35. The molecule has 0 aromatic heterocycles. The lowest BCUT2D eigenvalue weighted by Crippen LogP contribution is -2.07. The van der Waals surface area contributed by atoms with E-state index >= 15 is 0 Å². The van der Waals surface area contributed by atoms with Crippen LogP contribution < -0.4 is 4.90 Å². The van der Waals surface area contributed by atoms with Crippen LogP contribution in [0.25, 0.3) is 6.08 Å². The Balaban J connectivity index is 1.64. The van der Waals surface area contributed by atoms with Gasteiger partial charge in [0.05, 0.1) is 0 Å². The summed E-state index contributed by atoms with van der Waals surface area (Å²) in [5.74, 6) is 0.218. The summed E-state index contributed by atoms with van der Waals surface area (Å²) in [4.78, 5) is 14.9. The molecule has 122 valence electrons. The van der Waals surface area contributed by atoms with Gasteiger partial charge in [0.15, 0.2) is 5.78 Å². The largest absolute Gasteiger partial charge is 0.378 e. The van der Waals surface area contributed by atoms with E-state index < -0.39 is 0 Å². The van der Waals surface area contributed by atoms with Crippen LogP contribution >= 0.6 is 0 Å². The van der Waals surface area contributed by atoms with E-state index in [2.05, 4.69) is 47.4 Å². The van der Waals surface area contributed by atoms with Crippen LogP contribution in [0.1, 0.15) is 45.5 Å². The van der Waals surface area contributed by atoms with E-state index in [1.54, 1.807) is 0 Å². The standard InChI is InChI=1S/C22H23NO/c1-23(2)20-9-7-15(8-10-20)11-19-13-18-12-16-5-3-4-6-17(16)14-21(18)22(19)24/h7-12,14H,3-6,13H2,1-2H3/b19-11-. The SMILES string of the molecule is CN(C)c1ccc(/C=C2/Cc3cc4c(cc3C2=O)CCCC4)cc1. The molecule has 0 bridgehead atoms. The number of nitrogens with zero attached hydrogens (tertiary/aromatic N) is 1. The minimum atomic E-state index is 0.218. The first-order valence-corrected chi connectivity index (χ1v) is 8.79. The van der Waals surface area contributed by atoms with Gasteiger partial charge in [0, 0.05) is 37.3 Å². The van der Waals surface area contributed by atoms with Gasteiger partial charge in [0.25, 0.3) is 0 Å². The second kappa shape index (κ2) is 5.94. The van der Waals surface area contributed by atoms with Crippen molar-refractivity contribution >= 4 is 17.5 Å². The average Bonchev–Trinajstić information content (AvgIpc) is 2.89. The first-order valence-electron chi connectivity index (χ1n) is 8.79. The van der Waals surface area contributed by atoms with Crippen LogP contribution in [0.5, 0.6) is 0 Å². The van der Waals surface area contributed by atoms with Crippen molar-refractivity contribution in [2.24, 2.45) is 0 Å². The quantitative estimate of drug-likeness (QED) is 0.763. The fourth-order valence-corrected chi connectivity index (χ4v) is 3.84. The summed E-state index contributed by atoms with van der Waals surface area (Å²) in [7, 11) is 4.07. The Bertz CT molecular complexity index is 828. The van der Waals surface area contributed by atoms with E-state index in [1.165, 1.54) is 41.6 Å². The number of ketones is 1. The average molecular weight is 317 g/mol. The highest BCUT2D eigenvalue weighted by Gasteiger charge is 2.26. The molecule has 2 aromatic carbocycles. The fraction of sp³-hybridized carbons (Fsp3) is 0.318. The van der Waals surface area contributed by atoms with E-state index in [1.807, 2.05) is 14.1 Å². The zero-order chi connectivity index (χ0) is 16.7. The number of Topliss-reactive ketones (excluding diaryl/α,β-unsaturated/α-hetero) is 1. The lowest BCUT2D eigenvalue weighted by Gasteiger charge is -2.16. The normalized spacial score (nSPS) is 17.8. The van der Waals surface area contributed by atoms with Crippen LogP contribution in [0.4, 0.5) is 5.69 Å². The number of fused-ring (bicyclic) bond motifs is 2. The first kappa shape index (κ1) is 15.2. The molecule has 2 aliphatic rings. The van der Waals surface area contributed by atoms with Gasteiger partial charge in [-0.15, -0.1) is 0 Å². The molecule has 0 amide bonds. The molecule has 0 saturated heterocycles. The predicted octanol–water partition coefficient (Wildman–Crippen LogP) is 4.45. The van der Waals surface area contributed by atoms with Crippen LogP contribution in [0.2, 0.25) is 0 Å². The third-order valence-electron chi connectivity index (χ3n) is 5.24. The number of benzene rings is 2. The van der Waals surface area contributed by atoms with Gasteiger partial charge in [-0.2, -0.15) is 0 Å². The minimum Gasteiger partial charge on any atom is -0.378 e. The number of allylic oxidation sites excluding steroid dienone is 1. The highest BCUT2D eigenvalue weighted by atomic mass is 16.1. The van der Waals surface area contributed by atoms with E-state index in [0.717, 1.165) is 29.5 Å². The molecule has 2 aromatic rings. The lowest BCUT2D eigenvalue weighted by molar-refractivity contribution is 0.104. The number of rotatable bonds is 2. The Morgan fingerprint density at radius 3 is 2.25 bits per heavy atom. The molecule has 2 nitrogen and oxygen atoms in total. The lowest BCUT2D eigenvalue weighted by atomic mass is 9.89. The Kier molecular flexibility index (Phi) is 3.76. The Labute approximate surface area is 143 Å². The molecule has 0 atom stereocenters. The topological polar surface area (TPSA) is 20.3 Å². The first-order chi connectivity index (χ1) is 11.6. The Morgan fingerprint density at radius 1 is 0.917 bits per heavy atom. The summed E-state index contributed by atoms with van der Waals surface area (Å²) < 4.78 is 0. The van der Waals surface area contributed by atoms with Crippen molar-refractivity contribution in [1.29, 1.82) is 0 Å². The monoisotopic (exact) mass is 317 g/mol. The highest BCUT2D eigenvalue weighted by Crippen LogP contribution is 2.33. The fourth-order valence-electron chi connectivity index (χ4n) is 3.84. The van der Waals surface area contributed by atoms with Crippen LogP contribution in [0.15, 0.2) is 42.0 Å². The molecular weight excluding hydrogens is 294 g/mol.